The second-order valence-corrected chi connectivity index (χ2v) is 5.42. The summed E-state index contributed by atoms with van der Waals surface area (Å²) in [5.41, 5.74) is 0.888. The Morgan fingerprint density at radius 2 is 2.08 bits per heavy atom. The normalized spacial score (nSPS) is 10.7. The molecule has 7 nitrogen and oxygen atoms in total. The van der Waals surface area contributed by atoms with Gasteiger partial charge in [0.1, 0.15) is 12.1 Å². The van der Waals surface area contributed by atoms with Crippen molar-refractivity contribution in [1.29, 1.82) is 0 Å². The molecular weight excluding hydrogens is 304 g/mol. The van der Waals surface area contributed by atoms with Crippen LogP contribution in [-0.4, -0.2) is 38.5 Å². The summed E-state index contributed by atoms with van der Waals surface area (Å²) in [6.07, 6.45) is 8.26. The van der Waals surface area contributed by atoms with E-state index in [0.29, 0.717) is 19.5 Å². The van der Waals surface area contributed by atoms with Crippen molar-refractivity contribution in [3.8, 4) is 0 Å². The Labute approximate surface area is 140 Å². The molecule has 3 aromatic rings. The van der Waals surface area contributed by atoms with Crippen LogP contribution < -0.4 is 10.6 Å². The van der Waals surface area contributed by atoms with Gasteiger partial charge in [0.25, 0.3) is 0 Å². The summed E-state index contributed by atoms with van der Waals surface area (Å²) in [5, 5.41) is 7.09. The minimum absolute atomic E-state index is 0.0338. The van der Waals surface area contributed by atoms with Crippen molar-refractivity contribution in [2.24, 2.45) is 0 Å². The molecule has 0 radical (unpaired) electrons. The van der Waals surface area contributed by atoms with E-state index in [1.54, 1.807) is 12.5 Å². The van der Waals surface area contributed by atoms with Crippen molar-refractivity contribution in [3.05, 3.63) is 49.3 Å². The van der Waals surface area contributed by atoms with Gasteiger partial charge in [-0.05, 0) is 18.6 Å². The van der Waals surface area contributed by atoms with E-state index in [0.717, 1.165) is 29.7 Å². The number of nitrogens with one attached hydrogen (secondary N) is 2. The number of benzene rings is 1. The Morgan fingerprint density at radius 1 is 1.17 bits per heavy atom. The van der Waals surface area contributed by atoms with Gasteiger partial charge in [0.15, 0.2) is 0 Å². The molecule has 0 bridgehead atoms. The molecule has 0 aliphatic heterocycles. The second-order valence-electron chi connectivity index (χ2n) is 5.42. The van der Waals surface area contributed by atoms with Gasteiger partial charge >= 0.3 is 0 Å². The number of imidazole rings is 1. The van der Waals surface area contributed by atoms with E-state index in [2.05, 4.69) is 25.6 Å². The average molecular weight is 324 g/mol. The van der Waals surface area contributed by atoms with Crippen LogP contribution in [-0.2, 0) is 11.3 Å². The van der Waals surface area contributed by atoms with Crippen LogP contribution in [0, 0.1) is 0 Å². The molecule has 2 N–H and O–H groups in total. The maximum atomic E-state index is 11.9. The molecule has 0 unspecified atom stereocenters. The zero-order valence-corrected chi connectivity index (χ0v) is 13.4. The van der Waals surface area contributed by atoms with E-state index in [1.165, 1.54) is 6.33 Å². The number of carbonyl (C=O) groups excluding carboxylic acids is 1. The third-order valence-corrected chi connectivity index (χ3v) is 3.66. The van der Waals surface area contributed by atoms with Crippen LogP contribution >= 0.6 is 0 Å². The minimum atomic E-state index is 0.0338. The fourth-order valence-corrected chi connectivity index (χ4v) is 2.44. The molecule has 24 heavy (non-hydrogen) atoms. The average Bonchev–Trinajstić information content (AvgIpc) is 3.12. The van der Waals surface area contributed by atoms with Crippen LogP contribution in [0.5, 0.6) is 0 Å². The van der Waals surface area contributed by atoms with E-state index in [9.17, 15) is 4.79 Å². The van der Waals surface area contributed by atoms with Crippen LogP contribution in [0.15, 0.2) is 49.3 Å². The summed E-state index contributed by atoms with van der Waals surface area (Å²) in [6.45, 7) is 2.05. The number of para-hydroxylation sites is 1. The first-order valence-electron chi connectivity index (χ1n) is 7.99. The first kappa shape index (κ1) is 15.9. The third kappa shape index (κ3) is 4.28. The van der Waals surface area contributed by atoms with E-state index in [4.69, 9.17) is 0 Å². The highest BCUT2D eigenvalue weighted by molar-refractivity contribution is 5.88. The zero-order chi connectivity index (χ0) is 16.6. The van der Waals surface area contributed by atoms with Crippen molar-refractivity contribution < 1.29 is 4.79 Å². The first-order valence-corrected chi connectivity index (χ1v) is 7.99. The number of aryl methyl sites for hydroxylation is 1. The molecule has 124 valence electrons. The van der Waals surface area contributed by atoms with Crippen LogP contribution in [0.1, 0.15) is 12.8 Å². The van der Waals surface area contributed by atoms with Crippen LogP contribution in [0.2, 0.25) is 0 Å². The molecule has 7 heteroatoms. The van der Waals surface area contributed by atoms with Crippen molar-refractivity contribution in [1.82, 2.24) is 24.8 Å². The topological polar surface area (TPSA) is 84.7 Å². The van der Waals surface area contributed by atoms with Gasteiger partial charge in [-0.15, -0.1) is 0 Å². The molecule has 0 aliphatic carbocycles. The van der Waals surface area contributed by atoms with Crippen molar-refractivity contribution in [3.63, 3.8) is 0 Å². The molecule has 0 fully saturated rings. The number of carbonyl (C=O) groups is 1. The summed E-state index contributed by atoms with van der Waals surface area (Å²) >= 11 is 0. The number of rotatable bonds is 8. The lowest BCUT2D eigenvalue weighted by molar-refractivity contribution is -0.120. The summed E-state index contributed by atoms with van der Waals surface area (Å²) in [4.78, 5) is 24.3. The lowest BCUT2D eigenvalue weighted by atomic mass is 10.2. The molecule has 0 atom stereocenters. The molecule has 2 aromatic heterocycles. The standard InChI is InChI=1S/C17H20N6O/c24-16(19-7-3-10-23-11-9-18-13-23)6-8-20-17-14-4-1-2-5-15(14)21-12-22-17/h1-2,4-5,9,11-13H,3,6-8,10H2,(H,19,24)(H,20,21,22). The summed E-state index contributed by atoms with van der Waals surface area (Å²) in [7, 11) is 0. The molecule has 1 amide bonds. The van der Waals surface area contributed by atoms with Crippen LogP contribution in [0.3, 0.4) is 0 Å². The van der Waals surface area contributed by atoms with E-state index < -0.39 is 0 Å². The Hall–Kier alpha value is -2.96. The summed E-state index contributed by atoms with van der Waals surface area (Å²) < 4.78 is 1.99. The van der Waals surface area contributed by atoms with E-state index >= 15 is 0 Å². The molecule has 0 aliphatic rings. The lowest BCUT2D eigenvalue weighted by Gasteiger charge is -2.09. The highest BCUT2D eigenvalue weighted by Crippen LogP contribution is 2.17. The molecule has 3 rings (SSSR count). The number of fused-ring (bicyclic) bond motifs is 1. The van der Waals surface area contributed by atoms with Crippen LogP contribution in [0.4, 0.5) is 5.82 Å². The number of hydrogen-bond acceptors (Lipinski definition) is 5. The van der Waals surface area contributed by atoms with Crippen molar-refractivity contribution in [2.45, 2.75) is 19.4 Å². The van der Waals surface area contributed by atoms with Gasteiger partial charge in [-0.3, -0.25) is 4.79 Å². The van der Waals surface area contributed by atoms with E-state index in [-0.39, 0.29) is 5.91 Å². The Balaban J connectivity index is 1.38. The predicted octanol–water partition coefficient (Wildman–Crippen LogP) is 1.83. The summed E-state index contributed by atoms with van der Waals surface area (Å²) in [5.74, 6) is 0.792. The maximum Gasteiger partial charge on any atom is 0.221 e. The number of amides is 1. The van der Waals surface area contributed by atoms with Gasteiger partial charge in [-0.25, -0.2) is 15.0 Å². The van der Waals surface area contributed by atoms with Crippen LogP contribution in [0.25, 0.3) is 10.9 Å². The largest absolute Gasteiger partial charge is 0.369 e. The molecule has 0 spiro atoms. The molecule has 0 saturated carbocycles. The van der Waals surface area contributed by atoms with Gasteiger partial charge in [0.05, 0.1) is 11.8 Å². The van der Waals surface area contributed by atoms with E-state index in [1.807, 2.05) is 35.0 Å². The number of aromatic nitrogens is 4. The maximum absolute atomic E-state index is 11.9. The number of anilines is 1. The smallest absolute Gasteiger partial charge is 0.221 e. The summed E-state index contributed by atoms with van der Waals surface area (Å²) in [6, 6.07) is 7.79. The molecule has 1 aromatic carbocycles. The predicted molar refractivity (Wildman–Crippen MR) is 92.5 cm³/mol. The van der Waals surface area contributed by atoms with Gasteiger partial charge in [-0.2, -0.15) is 0 Å². The highest BCUT2D eigenvalue weighted by atomic mass is 16.1. The van der Waals surface area contributed by atoms with Gasteiger partial charge < -0.3 is 15.2 Å². The third-order valence-electron chi connectivity index (χ3n) is 3.66. The van der Waals surface area contributed by atoms with Gasteiger partial charge in [-0.1, -0.05) is 12.1 Å². The molecule has 2 heterocycles. The Kier molecular flexibility index (Phi) is 5.34. The van der Waals surface area contributed by atoms with Crippen molar-refractivity contribution in [2.75, 3.05) is 18.4 Å². The van der Waals surface area contributed by atoms with Gasteiger partial charge in [0, 0.05) is 43.8 Å². The fourth-order valence-electron chi connectivity index (χ4n) is 2.44. The second kappa shape index (κ2) is 8.05. The lowest BCUT2D eigenvalue weighted by Crippen LogP contribution is -2.27. The Bertz CT molecular complexity index is 781. The fraction of sp³-hybridized carbons (Fsp3) is 0.294. The minimum Gasteiger partial charge on any atom is -0.369 e. The molecular formula is C17H20N6O. The highest BCUT2D eigenvalue weighted by Gasteiger charge is 2.04. The first-order chi connectivity index (χ1) is 11.8. The SMILES string of the molecule is O=C(CCNc1ncnc2ccccc12)NCCCn1ccnc1. The molecule has 0 saturated heterocycles. The number of nitrogens with zero attached hydrogens (tertiary/aromatic N) is 4. The zero-order valence-electron chi connectivity index (χ0n) is 13.4. The monoisotopic (exact) mass is 324 g/mol. The quantitative estimate of drug-likeness (QED) is 0.618. The van der Waals surface area contributed by atoms with Crippen molar-refractivity contribution >= 4 is 22.6 Å². The Morgan fingerprint density at radius 3 is 2.96 bits per heavy atom. The van der Waals surface area contributed by atoms with Gasteiger partial charge in [0.2, 0.25) is 5.91 Å². The number of hydrogen-bond donors (Lipinski definition) is 2.